The zero-order valence-electron chi connectivity index (χ0n) is 15.2. The summed E-state index contributed by atoms with van der Waals surface area (Å²) in [6, 6.07) is 8.98. The molecule has 0 atom stereocenters. The topological polar surface area (TPSA) is 85.2 Å². The van der Waals surface area contributed by atoms with Gasteiger partial charge in [0.15, 0.2) is 11.6 Å². The molecule has 3 N–H and O–H groups in total. The van der Waals surface area contributed by atoms with E-state index in [1.165, 1.54) is 14.0 Å². The number of ketones is 2. The number of aromatic nitrogens is 1. The highest BCUT2D eigenvalue weighted by atomic mass is 16.5. The highest BCUT2D eigenvalue weighted by Gasteiger charge is 2.40. The van der Waals surface area contributed by atoms with Gasteiger partial charge >= 0.3 is 0 Å². The molecule has 3 aromatic rings. The van der Waals surface area contributed by atoms with Crippen LogP contribution in [0, 0.1) is 0 Å². The van der Waals surface area contributed by atoms with Crippen LogP contribution in [0.5, 0.6) is 5.75 Å². The Labute approximate surface area is 151 Å². The van der Waals surface area contributed by atoms with Gasteiger partial charge in [-0.05, 0) is 36.8 Å². The highest BCUT2D eigenvalue weighted by molar-refractivity contribution is 6.21. The van der Waals surface area contributed by atoms with Crippen LogP contribution in [0.2, 0.25) is 0 Å². The van der Waals surface area contributed by atoms with Crippen LogP contribution < -0.4 is 10.5 Å². The van der Waals surface area contributed by atoms with Crippen molar-refractivity contribution in [3.8, 4) is 5.75 Å². The maximum atomic E-state index is 13.3. The van der Waals surface area contributed by atoms with Crippen molar-refractivity contribution in [1.82, 2.24) is 4.98 Å². The fraction of sp³-hybridized carbons (Fsp3) is 0.238. The molecule has 1 aliphatic carbocycles. The first kappa shape index (κ1) is 16.4. The molecule has 0 radical (unpaired) electrons. The molecule has 1 aromatic heterocycles. The summed E-state index contributed by atoms with van der Waals surface area (Å²) in [5.41, 5.74) is 10.2. The van der Waals surface area contributed by atoms with Gasteiger partial charge in [0.2, 0.25) is 0 Å². The lowest BCUT2D eigenvalue weighted by Crippen LogP contribution is -2.30. The number of Topliss-reactive ketones (excluding diaryl/α,β-unsaturated/α-hetero) is 1. The number of fused-ring (bicyclic) bond motifs is 4. The lowest BCUT2D eigenvalue weighted by atomic mass is 9.70. The van der Waals surface area contributed by atoms with Gasteiger partial charge in [0.25, 0.3) is 0 Å². The first-order valence-corrected chi connectivity index (χ1v) is 8.45. The third kappa shape index (κ3) is 2.03. The molecule has 0 spiro atoms. The van der Waals surface area contributed by atoms with Crippen molar-refractivity contribution >= 4 is 28.2 Å². The van der Waals surface area contributed by atoms with Crippen LogP contribution in [0.3, 0.4) is 0 Å². The van der Waals surface area contributed by atoms with E-state index in [0.717, 1.165) is 22.2 Å². The normalized spacial score (nSPS) is 14.8. The standard InChI is InChI=1S/C21H20N2O3/c1-10(24)13-8-14-15(9-17(13)26-4)21(2,3)20-18(19(14)25)12-6-5-11(22)7-16(12)23-20/h5-9,23H,22H2,1-4H3. The fourth-order valence-corrected chi connectivity index (χ4v) is 3.92. The van der Waals surface area contributed by atoms with Gasteiger partial charge < -0.3 is 15.5 Å². The highest BCUT2D eigenvalue weighted by Crippen LogP contribution is 2.45. The Hall–Kier alpha value is -3.08. The minimum Gasteiger partial charge on any atom is -0.496 e. The molecule has 0 saturated heterocycles. The zero-order chi connectivity index (χ0) is 18.8. The van der Waals surface area contributed by atoms with Crippen molar-refractivity contribution < 1.29 is 14.3 Å². The lowest BCUT2D eigenvalue weighted by molar-refractivity contribution is 0.101. The van der Waals surface area contributed by atoms with Crippen LogP contribution >= 0.6 is 0 Å². The van der Waals surface area contributed by atoms with Gasteiger partial charge in [-0.15, -0.1) is 0 Å². The molecule has 4 rings (SSSR count). The summed E-state index contributed by atoms with van der Waals surface area (Å²) in [7, 11) is 1.53. The molecule has 132 valence electrons. The second kappa shape index (κ2) is 5.21. The van der Waals surface area contributed by atoms with E-state index in [2.05, 4.69) is 18.8 Å². The number of carbonyl (C=O) groups is 2. The summed E-state index contributed by atoms with van der Waals surface area (Å²) in [4.78, 5) is 28.7. The summed E-state index contributed by atoms with van der Waals surface area (Å²) in [6.45, 7) is 5.59. The molecule has 0 unspecified atom stereocenters. The number of hydrogen-bond acceptors (Lipinski definition) is 4. The zero-order valence-corrected chi connectivity index (χ0v) is 15.2. The number of nitrogen functional groups attached to an aromatic ring is 1. The summed E-state index contributed by atoms with van der Waals surface area (Å²) >= 11 is 0. The first-order chi connectivity index (χ1) is 12.3. The number of aromatic amines is 1. The van der Waals surface area contributed by atoms with E-state index in [9.17, 15) is 9.59 Å². The number of anilines is 1. The van der Waals surface area contributed by atoms with Gasteiger partial charge in [0.1, 0.15) is 5.75 Å². The van der Waals surface area contributed by atoms with E-state index in [4.69, 9.17) is 10.5 Å². The van der Waals surface area contributed by atoms with Crippen LogP contribution in [0.1, 0.15) is 58.3 Å². The lowest BCUT2D eigenvalue weighted by Gasteiger charge is -2.32. The number of rotatable bonds is 2. The molecule has 0 fully saturated rings. The number of methoxy groups -OCH3 is 1. The summed E-state index contributed by atoms with van der Waals surface area (Å²) < 4.78 is 5.41. The van der Waals surface area contributed by atoms with Crippen LogP contribution in [-0.4, -0.2) is 23.7 Å². The predicted molar refractivity (Wildman–Crippen MR) is 101 cm³/mol. The Morgan fingerprint density at radius 1 is 1.19 bits per heavy atom. The number of nitrogens with two attached hydrogens (primary N) is 1. The molecular weight excluding hydrogens is 328 g/mol. The van der Waals surface area contributed by atoms with Crippen molar-refractivity contribution in [2.75, 3.05) is 12.8 Å². The first-order valence-electron chi connectivity index (χ1n) is 8.45. The summed E-state index contributed by atoms with van der Waals surface area (Å²) in [5, 5.41) is 0.845. The van der Waals surface area contributed by atoms with E-state index in [0.29, 0.717) is 28.1 Å². The van der Waals surface area contributed by atoms with Gasteiger partial charge in [0.05, 0.1) is 18.2 Å². The van der Waals surface area contributed by atoms with E-state index in [1.54, 1.807) is 12.1 Å². The van der Waals surface area contributed by atoms with Crippen molar-refractivity contribution in [3.05, 3.63) is 58.3 Å². The number of hydrogen-bond donors (Lipinski definition) is 2. The third-order valence-electron chi connectivity index (χ3n) is 5.31. The third-order valence-corrected chi connectivity index (χ3v) is 5.31. The maximum Gasteiger partial charge on any atom is 0.195 e. The quantitative estimate of drug-likeness (QED) is 0.544. The Morgan fingerprint density at radius 3 is 2.58 bits per heavy atom. The minimum atomic E-state index is -0.449. The SMILES string of the molecule is COc1cc2c(cc1C(C)=O)C(=O)c1c([nH]c3cc(N)ccc13)C2(C)C. The number of benzene rings is 2. The monoisotopic (exact) mass is 348 g/mol. The molecule has 5 nitrogen and oxygen atoms in total. The fourth-order valence-electron chi connectivity index (χ4n) is 3.92. The molecule has 0 aliphatic heterocycles. The Balaban J connectivity index is 2.08. The van der Waals surface area contributed by atoms with Gasteiger partial charge in [-0.1, -0.05) is 19.9 Å². The molecule has 1 aliphatic rings. The van der Waals surface area contributed by atoms with Crippen molar-refractivity contribution in [2.24, 2.45) is 0 Å². The number of ether oxygens (including phenoxy) is 1. The van der Waals surface area contributed by atoms with Crippen LogP contribution in [0.25, 0.3) is 10.9 Å². The molecule has 0 amide bonds. The molecule has 2 aromatic carbocycles. The van der Waals surface area contributed by atoms with Crippen LogP contribution in [-0.2, 0) is 5.41 Å². The minimum absolute atomic E-state index is 0.0875. The summed E-state index contributed by atoms with van der Waals surface area (Å²) in [6.07, 6.45) is 0. The molecule has 5 heteroatoms. The second-order valence-corrected chi connectivity index (χ2v) is 7.29. The summed E-state index contributed by atoms with van der Waals surface area (Å²) in [5.74, 6) is 0.268. The van der Waals surface area contributed by atoms with E-state index < -0.39 is 5.41 Å². The molecule has 0 bridgehead atoms. The molecule has 0 saturated carbocycles. The van der Waals surface area contributed by atoms with Crippen molar-refractivity contribution in [3.63, 3.8) is 0 Å². The van der Waals surface area contributed by atoms with Crippen LogP contribution in [0.4, 0.5) is 5.69 Å². The Kier molecular flexibility index (Phi) is 3.28. The van der Waals surface area contributed by atoms with Gasteiger partial charge in [-0.2, -0.15) is 0 Å². The smallest absolute Gasteiger partial charge is 0.195 e. The van der Waals surface area contributed by atoms with Crippen molar-refractivity contribution in [1.29, 1.82) is 0 Å². The van der Waals surface area contributed by atoms with Crippen LogP contribution in [0.15, 0.2) is 30.3 Å². The predicted octanol–water partition coefficient (Wildman–Crippen LogP) is 3.83. The van der Waals surface area contributed by atoms with Gasteiger partial charge in [-0.25, -0.2) is 0 Å². The molecular formula is C21H20N2O3. The largest absolute Gasteiger partial charge is 0.496 e. The van der Waals surface area contributed by atoms with E-state index in [-0.39, 0.29) is 11.6 Å². The van der Waals surface area contributed by atoms with Gasteiger partial charge in [0, 0.05) is 33.3 Å². The van der Waals surface area contributed by atoms with Gasteiger partial charge in [-0.3, -0.25) is 9.59 Å². The number of H-pyrrole nitrogens is 1. The number of nitrogens with one attached hydrogen (secondary N) is 1. The number of carbonyl (C=O) groups excluding carboxylic acids is 2. The Bertz CT molecular complexity index is 1110. The van der Waals surface area contributed by atoms with E-state index >= 15 is 0 Å². The Morgan fingerprint density at radius 2 is 1.92 bits per heavy atom. The molecule has 1 heterocycles. The maximum absolute atomic E-state index is 13.3. The average molecular weight is 348 g/mol. The average Bonchev–Trinajstić information content (AvgIpc) is 2.98. The molecule has 26 heavy (non-hydrogen) atoms. The van der Waals surface area contributed by atoms with E-state index in [1.807, 2.05) is 18.2 Å². The second-order valence-electron chi connectivity index (χ2n) is 7.29. The van der Waals surface area contributed by atoms with Crippen molar-refractivity contribution in [2.45, 2.75) is 26.2 Å².